The summed E-state index contributed by atoms with van der Waals surface area (Å²) in [5, 5.41) is 8.76. The Morgan fingerprint density at radius 3 is 2.35 bits per heavy atom. The van der Waals surface area contributed by atoms with E-state index in [1.54, 1.807) is 0 Å². The van der Waals surface area contributed by atoms with E-state index in [0.29, 0.717) is 0 Å². The Morgan fingerprint density at radius 2 is 2.00 bits per heavy atom. The molecule has 1 fully saturated rings. The molecule has 0 aromatic carbocycles. The standard InChI is InChI=1S/C11H21NO4S/c1-9(2)6-12(7-11(13)14)17(15,16)8-10-4-3-5-10/h9-10H,3-8H2,1-2H3,(H,13,14). The fourth-order valence-corrected chi connectivity index (χ4v) is 3.87. The van der Waals surface area contributed by atoms with Gasteiger partial charge in [-0.2, -0.15) is 4.31 Å². The molecule has 17 heavy (non-hydrogen) atoms. The first kappa shape index (κ1) is 14.4. The molecule has 5 nitrogen and oxygen atoms in total. The van der Waals surface area contributed by atoms with Crippen LogP contribution < -0.4 is 0 Å². The minimum atomic E-state index is -3.42. The van der Waals surface area contributed by atoms with Crippen LogP contribution in [0.2, 0.25) is 0 Å². The molecule has 6 heteroatoms. The molecule has 0 atom stereocenters. The Balaban J connectivity index is 2.67. The Bertz CT molecular complexity index is 360. The molecule has 0 radical (unpaired) electrons. The Kier molecular flexibility index (Phi) is 4.94. The summed E-state index contributed by atoms with van der Waals surface area (Å²) in [5.41, 5.74) is 0. The number of nitrogens with zero attached hydrogens (tertiary/aromatic N) is 1. The maximum absolute atomic E-state index is 12.1. The maximum Gasteiger partial charge on any atom is 0.318 e. The zero-order valence-corrected chi connectivity index (χ0v) is 11.2. The van der Waals surface area contributed by atoms with E-state index in [2.05, 4.69) is 0 Å². The van der Waals surface area contributed by atoms with Crippen LogP contribution in [0.5, 0.6) is 0 Å². The first-order valence-electron chi connectivity index (χ1n) is 6.01. The summed E-state index contributed by atoms with van der Waals surface area (Å²) in [6.07, 6.45) is 2.98. The van der Waals surface area contributed by atoms with Crippen molar-refractivity contribution in [1.82, 2.24) is 4.31 Å². The van der Waals surface area contributed by atoms with E-state index in [1.807, 2.05) is 13.8 Å². The van der Waals surface area contributed by atoms with Gasteiger partial charge in [0.05, 0.1) is 5.75 Å². The van der Waals surface area contributed by atoms with Crippen LogP contribution in [0.1, 0.15) is 33.1 Å². The van der Waals surface area contributed by atoms with Crippen LogP contribution in [-0.2, 0) is 14.8 Å². The van der Waals surface area contributed by atoms with Crippen LogP contribution in [0.3, 0.4) is 0 Å². The summed E-state index contributed by atoms with van der Waals surface area (Å²) in [4.78, 5) is 10.7. The number of hydrogen-bond donors (Lipinski definition) is 1. The van der Waals surface area contributed by atoms with E-state index in [4.69, 9.17) is 5.11 Å². The molecule has 0 heterocycles. The van der Waals surface area contributed by atoms with Gasteiger partial charge < -0.3 is 5.11 Å². The largest absolute Gasteiger partial charge is 0.480 e. The van der Waals surface area contributed by atoms with Crippen LogP contribution >= 0.6 is 0 Å². The van der Waals surface area contributed by atoms with Crippen molar-refractivity contribution in [2.45, 2.75) is 33.1 Å². The average Bonchev–Trinajstić information content (AvgIpc) is 2.09. The number of rotatable bonds is 7. The SMILES string of the molecule is CC(C)CN(CC(=O)O)S(=O)(=O)CC1CCC1. The van der Waals surface area contributed by atoms with Gasteiger partial charge in [0.2, 0.25) is 10.0 Å². The van der Waals surface area contributed by atoms with Gasteiger partial charge in [-0.25, -0.2) is 8.42 Å². The van der Waals surface area contributed by atoms with Crippen LogP contribution in [0.4, 0.5) is 0 Å². The van der Waals surface area contributed by atoms with E-state index in [-0.39, 0.29) is 24.1 Å². The number of sulfonamides is 1. The Morgan fingerprint density at radius 1 is 1.41 bits per heavy atom. The fraction of sp³-hybridized carbons (Fsp3) is 0.909. The van der Waals surface area contributed by atoms with Crippen molar-refractivity contribution in [2.24, 2.45) is 11.8 Å². The third kappa shape index (κ3) is 4.63. The normalized spacial score (nSPS) is 17.4. The topological polar surface area (TPSA) is 74.7 Å². The number of carboxylic acid groups (broad SMARTS) is 1. The molecule has 1 N–H and O–H groups in total. The van der Waals surface area contributed by atoms with Crippen molar-refractivity contribution < 1.29 is 18.3 Å². The Labute approximate surface area is 103 Å². The molecule has 0 amide bonds. The molecule has 0 spiro atoms. The monoisotopic (exact) mass is 263 g/mol. The van der Waals surface area contributed by atoms with Gasteiger partial charge in [0.15, 0.2) is 0 Å². The van der Waals surface area contributed by atoms with Crippen molar-refractivity contribution in [2.75, 3.05) is 18.8 Å². The smallest absolute Gasteiger partial charge is 0.318 e. The quantitative estimate of drug-likeness (QED) is 0.748. The molecule has 0 saturated heterocycles. The van der Waals surface area contributed by atoms with Crippen molar-refractivity contribution in [3.8, 4) is 0 Å². The summed E-state index contributed by atoms with van der Waals surface area (Å²) < 4.78 is 25.2. The van der Waals surface area contributed by atoms with Crippen LogP contribution in [0, 0.1) is 11.8 Å². The molecule has 0 aliphatic heterocycles. The van der Waals surface area contributed by atoms with Gasteiger partial charge in [0.1, 0.15) is 6.54 Å². The first-order valence-corrected chi connectivity index (χ1v) is 7.62. The molecule has 0 unspecified atom stereocenters. The lowest BCUT2D eigenvalue weighted by atomic mass is 9.87. The second-order valence-corrected chi connectivity index (χ2v) is 7.17. The third-order valence-electron chi connectivity index (χ3n) is 2.94. The Hall–Kier alpha value is -0.620. The highest BCUT2D eigenvalue weighted by molar-refractivity contribution is 7.89. The summed E-state index contributed by atoms with van der Waals surface area (Å²) in [7, 11) is -3.42. The summed E-state index contributed by atoms with van der Waals surface area (Å²) in [6, 6.07) is 0. The lowest BCUT2D eigenvalue weighted by molar-refractivity contribution is -0.137. The summed E-state index contributed by atoms with van der Waals surface area (Å²) in [5.74, 6) is -0.635. The molecule has 0 aromatic heterocycles. The first-order chi connectivity index (χ1) is 7.81. The molecule has 0 aromatic rings. The molecular weight excluding hydrogens is 242 g/mol. The maximum atomic E-state index is 12.1. The molecule has 0 bridgehead atoms. The number of aliphatic carboxylic acids is 1. The van der Waals surface area contributed by atoms with Gasteiger partial charge in [-0.15, -0.1) is 0 Å². The number of carboxylic acids is 1. The predicted molar refractivity (Wildman–Crippen MR) is 65.2 cm³/mol. The van der Waals surface area contributed by atoms with Crippen LogP contribution in [0.25, 0.3) is 0 Å². The third-order valence-corrected chi connectivity index (χ3v) is 4.90. The van der Waals surface area contributed by atoms with E-state index >= 15 is 0 Å². The molecule has 1 saturated carbocycles. The highest BCUT2D eigenvalue weighted by Crippen LogP contribution is 2.28. The van der Waals surface area contributed by atoms with E-state index in [0.717, 1.165) is 23.6 Å². The predicted octanol–water partition coefficient (Wildman–Crippen LogP) is 1.16. The second kappa shape index (κ2) is 5.82. The zero-order chi connectivity index (χ0) is 13.1. The van der Waals surface area contributed by atoms with Gasteiger partial charge in [0.25, 0.3) is 0 Å². The van der Waals surface area contributed by atoms with Crippen LogP contribution in [0.15, 0.2) is 0 Å². The molecule has 100 valence electrons. The van der Waals surface area contributed by atoms with Gasteiger partial charge >= 0.3 is 5.97 Å². The molecular formula is C11H21NO4S. The van der Waals surface area contributed by atoms with Gasteiger partial charge in [-0.3, -0.25) is 4.79 Å². The number of hydrogen-bond acceptors (Lipinski definition) is 3. The van der Waals surface area contributed by atoms with Crippen molar-refractivity contribution in [3.05, 3.63) is 0 Å². The van der Waals surface area contributed by atoms with E-state index < -0.39 is 22.5 Å². The van der Waals surface area contributed by atoms with Crippen molar-refractivity contribution in [1.29, 1.82) is 0 Å². The zero-order valence-electron chi connectivity index (χ0n) is 10.4. The fourth-order valence-electron chi connectivity index (χ4n) is 1.90. The summed E-state index contributed by atoms with van der Waals surface area (Å²) >= 11 is 0. The number of carbonyl (C=O) groups is 1. The lowest BCUT2D eigenvalue weighted by Gasteiger charge is -2.29. The molecule has 1 aliphatic rings. The van der Waals surface area contributed by atoms with Gasteiger partial charge in [-0.1, -0.05) is 20.3 Å². The highest BCUT2D eigenvalue weighted by Gasteiger charge is 2.30. The molecule has 1 aliphatic carbocycles. The van der Waals surface area contributed by atoms with Crippen LogP contribution in [-0.4, -0.2) is 42.6 Å². The van der Waals surface area contributed by atoms with Gasteiger partial charge in [0, 0.05) is 6.54 Å². The minimum absolute atomic E-state index is 0.104. The highest BCUT2D eigenvalue weighted by atomic mass is 32.2. The lowest BCUT2D eigenvalue weighted by Crippen LogP contribution is -2.41. The van der Waals surface area contributed by atoms with Crippen molar-refractivity contribution in [3.63, 3.8) is 0 Å². The molecule has 1 rings (SSSR count). The van der Waals surface area contributed by atoms with Crippen molar-refractivity contribution >= 4 is 16.0 Å². The van der Waals surface area contributed by atoms with E-state index in [1.165, 1.54) is 0 Å². The van der Waals surface area contributed by atoms with Gasteiger partial charge in [-0.05, 0) is 24.7 Å². The average molecular weight is 263 g/mol. The minimum Gasteiger partial charge on any atom is -0.480 e. The van der Waals surface area contributed by atoms with E-state index in [9.17, 15) is 13.2 Å². The summed E-state index contributed by atoms with van der Waals surface area (Å²) in [6.45, 7) is 3.62. The second-order valence-electron chi connectivity index (χ2n) is 5.16.